The SMILES string of the molecule is CCC(C)C(O)c1cc(F)c(C)cc1F. The van der Waals surface area contributed by atoms with Crippen molar-refractivity contribution in [1.29, 1.82) is 0 Å². The van der Waals surface area contributed by atoms with Crippen LogP contribution in [0, 0.1) is 24.5 Å². The highest BCUT2D eigenvalue weighted by atomic mass is 19.1. The summed E-state index contributed by atoms with van der Waals surface area (Å²) in [5.41, 5.74) is 0.306. The van der Waals surface area contributed by atoms with E-state index in [4.69, 9.17) is 0 Å². The van der Waals surface area contributed by atoms with E-state index in [1.54, 1.807) is 0 Å². The number of rotatable bonds is 3. The van der Waals surface area contributed by atoms with Crippen LogP contribution >= 0.6 is 0 Å². The summed E-state index contributed by atoms with van der Waals surface area (Å²) >= 11 is 0. The van der Waals surface area contributed by atoms with Crippen molar-refractivity contribution in [2.24, 2.45) is 5.92 Å². The molecule has 0 aliphatic heterocycles. The number of benzene rings is 1. The molecule has 0 saturated heterocycles. The molecule has 0 bridgehead atoms. The van der Waals surface area contributed by atoms with Crippen LogP contribution in [-0.4, -0.2) is 5.11 Å². The van der Waals surface area contributed by atoms with E-state index in [1.165, 1.54) is 6.92 Å². The minimum absolute atomic E-state index is 0.0486. The first-order valence-corrected chi connectivity index (χ1v) is 5.11. The fraction of sp³-hybridized carbons (Fsp3) is 0.500. The Bertz CT molecular complexity index is 350. The average Bonchev–Trinajstić information content (AvgIpc) is 2.21. The van der Waals surface area contributed by atoms with Gasteiger partial charge in [-0.1, -0.05) is 20.3 Å². The van der Waals surface area contributed by atoms with Crippen LogP contribution in [0.4, 0.5) is 8.78 Å². The van der Waals surface area contributed by atoms with Gasteiger partial charge in [0.1, 0.15) is 11.6 Å². The van der Waals surface area contributed by atoms with Gasteiger partial charge in [-0.05, 0) is 30.5 Å². The van der Waals surface area contributed by atoms with Crippen molar-refractivity contribution in [3.8, 4) is 0 Å². The number of aliphatic hydroxyl groups is 1. The second kappa shape index (κ2) is 4.71. The summed E-state index contributed by atoms with van der Waals surface area (Å²) in [7, 11) is 0. The summed E-state index contributed by atoms with van der Waals surface area (Å²) in [6, 6.07) is 2.21. The van der Waals surface area contributed by atoms with Crippen LogP contribution < -0.4 is 0 Å². The van der Waals surface area contributed by atoms with Gasteiger partial charge in [-0.3, -0.25) is 0 Å². The lowest BCUT2D eigenvalue weighted by atomic mass is 9.94. The van der Waals surface area contributed by atoms with Crippen molar-refractivity contribution >= 4 is 0 Å². The zero-order valence-corrected chi connectivity index (χ0v) is 9.22. The lowest BCUT2D eigenvalue weighted by molar-refractivity contribution is 0.111. The Labute approximate surface area is 88.7 Å². The molecule has 3 heteroatoms. The molecular formula is C12H16F2O. The van der Waals surface area contributed by atoms with Crippen molar-refractivity contribution in [2.75, 3.05) is 0 Å². The van der Waals surface area contributed by atoms with Gasteiger partial charge >= 0.3 is 0 Å². The maximum Gasteiger partial charge on any atom is 0.129 e. The van der Waals surface area contributed by atoms with Crippen molar-refractivity contribution in [1.82, 2.24) is 0 Å². The van der Waals surface area contributed by atoms with Gasteiger partial charge in [-0.2, -0.15) is 0 Å². The molecule has 1 nitrogen and oxygen atoms in total. The first kappa shape index (κ1) is 12.1. The molecule has 0 radical (unpaired) electrons. The minimum atomic E-state index is -0.940. The monoisotopic (exact) mass is 214 g/mol. The first-order valence-electron chi connectivity index (χ1n) is 5.11. The van der Waals surface area contributed by atoms with Crippen LogP contribution in [0.2, 0.25) is 0 Å². The van der Waals surface area contributed by atoms with Gasteiger partial charge in [0.2, 0.25) is 0 Å². The van der Waals surface area contributed by atoms with Gasteiger partial charge in [0, 0.05) is 5.56 Å². The number of aryl methyl sites for hydroxylation is 1. The minimum Gasteiger partial charge on any atom is -0.388 e. The Hall–Kier alpha value is -0.960. The fourth-order valence-corrected chi connectivity index (χ4v) is 1.42. The average molecular weight is 214 g/mol. The molecule has 1 rings (SSSR count). The second-order valence-corrected chi connectivity index (χ2v) is 3.95. The molecular weight excluding hydrogens is 198 g/mol. The third-order valence-electron chi connectivity index (χ3n) is 2.78. The lowest BCUT2D eigenvalue weighted by Gasteiger charge is -2.18. The zero-order chi connectivity index (χ0) is 11.6. The van der Waals surface area contributed by atoms with Crippen molar-refractivity contribution < 1.29 is 13.9 Å². The summed E-state index contributed by atoms with van der Waals surface area (Å²) in [5, 5.41) is 9.78. The predicted molar refractivity (Wildman–Crippen MR) is 55.5 cm³/mol. The maximum absolute atomic E-state index is 13.5. The number of aliphatic hydroxyl groups excluding tert-OH is 1. The van der Waals surface area contributed by atoms with Gasteiger partial charge in [0.25, 0.3) is 0 Å². The molecule has 1 aromatic rings. The van der Waals surface area contributed by atoms with Gasteiger partial charge < -0.3 is 5.11 Å². The van der Waals surface area contributed by atoms with E-state index in [-0.39, 0.29) is 17.0 Å². The smallest absolute Gasteiger partial charge is 0.129 e. The number of halogens is 2. The first-order chi connectivity index (χ1) is 6.97. The van der Waals surface area contributed by atoms with Gasteiger partial charge in [-0.25, -0.2) is 8.78 Å². The van der Waals surface area contributed by atoms with Gasteiger partial charge in [0.15, 0.2) is 0 Å². The fourth-order valence-electron chi connectivity index (χ4n) is 1.42. The standard InChI is InChI=1S/C12H16F2O/c1-4-7(2)12(15)9-6-10(13)8(3)5-11(9)14/h5-7,12,15H,4H2,1-3H3. The van der Waals surface area contributed by atoms with E-state index in [2.05, 4.69) is 0 Å². The van der Waals surface area contributed by atoms with Gasteiger partial charge in [0.05, 0.1) is 6.10 Å². The van der Waals surface area contributed by atoms with E-state index in [0.717, 1.165) is 18.6 Å². The molecule has 2 unspecified atom stereocenters. The molecule has 0 aliphatic carbocycles. The van der Waals surface area contributed by atoms with Crippen LogP contribution in [0.5, 0.6) is 0 Å². The number of hydrogen-bond acceptors (Lipinski definition) is 1. The summed E-state index contributed by atoms with van der Waals surface area (Å²) in [6.07, 6.45) is -0.221. The zero-order valence-electron chi connectivity index (χ0n) is 9.22. The molecule has 84 valence electrons. The third kappa shape index (κ3) is 2.53. The Balaban J connectivity index is 3.09. The Kier molecular flexibility index (Phi) is 3.80. The number of hydrogen-bond donors (Lipinski definition) is 1. The van der Waals surface area contributed by atoms with Gasteiger partial charge in [-0.15, -0.1) is 0 Å². The highest BCUT2D eigenvalue weighted by Crippen LogP contribution is 2.27. The summed E-state index contributed by atoms with van der Waals surface area (Å²) in [6.45, 7) is 5.20. The molecule has 2 atom stereocenters. The van der Waals surface area contributed by atoms with E-state index in [9.17, 15) is 13.9 Å². The van der Waals surface area contributed by atoms with E-state index in [0.29, 0.717) is 0 Å². The molecule has 0 aliphatic rings. The molecule has 0 saturated carbocycles. The molecule has 0 spiro atoms. The highest BCUT2D eigenvalue weighted by Gasteiger charge is 2.19. The van der Waals surface area contributed by atoms with Crippen molar-refractivity contribution in [2.45, 2.75) is 33.3 Å². The molecule has 1 aromatic carbocycles. The summed E-state index contributed by atoms with van der Waals surface area (Å²) in [4.78, 5) is 0. The summed E-state index contributed by atoms with van der Waals surface area (Å²) < 4.78 is 26.7. The third-order valence-corrected chi connectivity index (χ3v) is 2.78. The quantitative estimate of drug-likeness (QED) is 0.818. The highest BCUT2D eigenvalue weighted by molar-refractivity contribution is 5.27. The normalized spacial score (nSPS) is 15.1. The second-order valence-electron chi connectivity index (χ2n) is 3.95. The molecule has 1 N–H and O–H groups in total. The molecule has 0 heterocycles. The van der Waals surface area contributed by atoms with Crippen LogP contribution in [-0.2, 0) is 0 Å². The van der Waals surface area contributed by atoms with Crippen molar-refractivity contribution in [3.05, 3.63) is 34.9 Å². The Morgan fingerprint density at radius 1 is 1.27 bits per heavy atom. The van der Waals surface area contributed by atoms with E-state index >= 15 is 0 Å². The molecule has 0 fully saturated rings. The van der Waals surface area contributed by atoms with Crippen molar-refractivity contribution in [3.63, 3.8) is 0 Å². The molecule has 0 amide bonds. The van der Waals surface area contributed by atoms with E-state index < -0.39 is 17.7 Å². The summed E-state index contributed by atoms with van der Waals surface area (Å²) in [5.74, 6) is -1.10. The van der Waals surface area contributed by atoms with Crippen LogP contribution in [0.1, 0.15) is 37.5 Å². The van der Waals surface area contributed by atoms with Crippen LogP contribution in [0.3, 0.4) is 0 Å². The Morgan fingerprint density at radius 3 is 2.40 bits per heavy atom. The van der Waals surface area contributed by atoms with E-state index in [1.807, 2.05) is 13.8 Å². The predicted octanol–water partition coefficient (Wildman–Crippen LogP) is 3.35. The molecule has 0 aromatic heterocycles. The lowest BCUT2D eigenvalue weighted by Crippen LogP contribution is -2.10. The van der Waals surface area contributed by atoms with Crippen LogP contribution in [0.15, 0.2) is 12.1 Å². The topological polar surface area (TPSA) is 20.2 Å². The Morgan fingerprint density at radius 2 is 1.87 bits per heavy atom. The molecule has 15 heavy (non-hydrogen) atoms. The van der Waals surface area contributed by atoms with Crippen LogP contribution in [0.25, 0.3) is 0 Å². The maximum atomic E-state index is 13.5. The largest absolute Gasteiger partial charge is 0.388 e.